The van der Waals surface area contributed by atoms with Crippen molar-refractivity contribution in [3.8, 4) is 0 Å². The number of thiol groups is 1. The molecule has 0 bridgehead atoms. The van der Waals surface area contributed by atoms with E-state index < -0.39 is 17.7 Å². The van der Waals surface area contributed by atoms with Gasteiger partial charge in [-0.25, -0.2) is 4.79 Å². The molecule has 0 saturated carbocycles. The molecule has 0 radical (unpaired) electrons. The lowest BCUT2D eigenvalue weighted by atomic mass is 10.1. The third-order valence-corrected chi connectivity index (χ3v) is 5.62. The summed E-state index contributed by atoms with van der Waals surface area (Å²) in [6.07, 6.45) is 1.52. The Balaban J connectivity index is 1.51. The van der Waals surface area contributed by atoms with Crippen LogP contribution in [0.1, 0.15) is 10.4 Å². The van der Waals surface area contributed by atoms with Gasteiger partial charge in [-0.1, -0.05) is 12.1 Å². The molecule has 3 amide bonds. The van der Waals surface area contributed by atoms with Crippen LogP contribution in [0.2, 0.25) is 0 Å². The van der Waals surface area contributed by atoms with E-state index in [1.807, 2.05) is 7.05 Å². The number of benzene rings is 2. The average Bonchev–Trinajstić information content (AvgIpc) is 3.20. The molecule has 1 saturated heterocycles. The molecule has 4 rings (SSSR count). The fraction of sp³-hybridized carbons (Fsp3) is 0.227. The number of nitrogens with zero attached hydrogens (tertiary/aromatic N) is 2. The number of ketones is 1. The smallest absolute Gasteiger partial charge is 0.323 e. The molecule has 0 atom stereocenters. The summed E-state index contributed by atoms with van der Waals surface area (Å²) in [5.74, 6) is -1.05. The Labute approximate surface area is 185 Å². The van der Waals surface area contributed by atoms with Crippen LogP contribution in [-0.2, 0) is 4.79 Å². The minimum atomic E-state index is -0.552. The van der Waals surface area contributed by atoms with Crippen LogP contribution in [0.5, 0.6) is 0 Å². The number of likely N-dealkylation sites (N-methyl/N-ethyl adjacent to an activating group) is 1. The zero-order valence-corrected chi connectivity index (χ0v) is 17.9. The third kappa shape index (κ3) is 4.57. The number of nitrogens with one attached hydrogen (secondary N) is 3. The molecule has 2 aromatic carbocycles. The quantitative estimate of drug-likeness (QED) is 0.287. The van der Waals surface area contributed by atoms with Crippen LogP contribution < -0.4 is 10.6 Å². The number of hydrogen-bond acceptors (Lipinski definition) is 5. The van der Waals surface area contributed by atoms with Crippen LogP contribution in [0.4, 0.5) is 16.2 Å². The first-order chi connectivity index (χ1) is 14.9. The number of urea groups is 1. The summed E-state index contributed by atoms with van der Waals surface area (Å²) in [6, 6.07) is 11.8. The molecule has 0 unspecified atom stereocenters. The predicted octanol–water partition coefficient (Wildman–Crippen LogP) is 3.06. The van der Waals surface area contributed by atoms with Crippen LogP contribution >= 0.6 is 12.6 Å². The third-order valence-electron chi connectivity index (χ3n) is 5.32. The second kappa shape index (κ2) is 8.83. The monoisotopic (exact) mass is 437 g/mol. The van der Waals surface area contributed by atoms with E-state index in [0.717, 1.165) is 18.0 Å². The van der Waals surface area contributed by atoms with Gasteiger partial charge in [0.15, 0.2) is 0 Å². The summed E-state index contributed by atoms with van der Waals surface area (Å²) in [6.45, 7) is 2.55. The highest BCUT2D eigenvalue weighted by Gasteiger charge is 2.27. The van der Waals surface area contributed by atoms with E-state index in [2.05, 4.69) is 33.1 Å². The highest BCUT2D eigenvalue weighted by molar-refractivity contribution is 7.80. The number of H-pyrrole nitrogens is 1. The van der Waals surface area contributed by atoms with Gasteiger partial charge in [0.1, 0.15) is 0 Å². The SMILES string of the molecule is CN1CCN(C(=O)C(=O)c2c[nH]c3c(NC(=O)Nc4ccc(S)cc4)cccc23)CC1. The van der Waals surface area contributed by atoms with E-state index in [0.29, 0.717) is 40.9 Å². The van der Waals surface area contributed by atoms with Crippen molar-refractivity contribution in [3.05, 3.63) is 54.2 Å². The fourth-order valence-electron chi connectivity index (χ4n) is 3.54. The van der Waals surface area contributed by atoms with Gasteiger partial charge in [0, 0.05) is 48.3 Å². The van der Waals surface area contributed by atoms with E-state index in [1.54, 1.807) is 47.4 Å². The molecule has 0 aliphatic carbocycles. The Morgan fingerprint density at radius 1 is 0.968 bits per heavy atom. The molecule has 0 spiro atoms. The first kappa shape index (κ1) is 21.0. The summed E-state index contributed by atoms with van der Waals surface area (Å²) in [7, 11) is 1.99. The summed E-state index contributed by atoms with van der Waals surface area (Å²) < 4.78 is 0. The van der Waals surface area contributed by atoms with Crippen molar-refractivity contribution in [1.82, 2.24) is 14.8 Å². The van der Waals surface area contributed by atoms with Gasteiger partial charge < -0.3 is 25.4 Å². The maximum atomic E-state index is 12.9. The minimum Gasteiger partial charge on any atom is -0.359 e. The van der Waals surface area contributed by atoms with Crippen LogP contribution in [0.3, 0.4) is 0 Å². The molecule has 1 aromatic heterocycles. The Morgan fingerprint density at radius 2 is 1.68 bits per heavy atom. The Morgan fingerprint density at radius 3 is 2.39 bits per heavy atom. The van der Waals surface area contributed by atoms with Crippen LogP contribution in [0.25, 0.3) is 10.9 Å². The number of anilines is 2. The van der Waals surface area contributed by atoms with Gasteiger partial charge in [0.05, 0.1) is 16.8 Å². The highest BCUT2D eigenvalue weighted by atomic mass is 32.1. The lowest BCUT2D eigenvalue weighted by Crippen LogP contribution is -2.49. The van der Waals surface area contributed by atoms with E-state index in [1.165, 1.54) is 6.20 Å². The van der Waals surface area contributed by atoms with Crippen LogP contribution in [0, 0.1) is 0 Å². The summed E-state index contributed by atoms with van der Waals surface area (Å²) in [4.78, 5) is 45.5. The van der Waals surface area contributed by atoms with Gasteiger partial charge in [-0.15, -0.1) is 12.6 Å². The maximum Gasteiger partial charge on any atom is 0.323 e. The molecule has 1 aliphatic heterocycles. The Hall–Kier alpha value is -3.30. The summed E-state index contributed by atoms with van der Waals surface area (Å²) in [5, 5.41) is 6.12. The Kier molecular flexibility index (Phi) is 5.97. The number of hydrogen-bond donors (Lipinski definition) is 4. The number of rotatable bonds is 4. The number of aromatic amines is 1. The number of Topliss-reactive ketones (excluding diaryl/α,β-unsaturated/α-hetero) is 1. The van der Waals surface area contributed by atoms with Crippen LogP contribution in [-0.4, -0.2) is 65.7 Å². The van der Waals surface area contributed by atoms with E-state index in [4.69, 9.17) is 0 Å². The highest BCUT2D eigenvalue weighted by Crippen LogP contribution is 2.26. The number of fused-ring (bicyclic) bond motifs is 1. The molecule has 3 N–H and O–H groups in total. The second-order valence-corrected chi connectivity index (χ2v) is 8.00. The predicted molar refractivity (Wildman–Crippen MR) is 123 cm³/mol. The second-order valence-electron chi connectivity index (χ2n) is 7.48. The first-order valence-corrected chi connectivity index (χ1v) is 10.4. The number of carbonyl (C=O) groups excluding carboxylic acids is 3. The number of carbonyl (C=O) groups is 3. The van der Waals surface area contributed by atoms with E-state index in [-0.39, 0.29) is 0 Å². The van der Waals surface area contributed by atoms with Crippen molar-refractivity contribution in [1.29, 1.82) is 0 Å². The van der Waals surface area contributed by atoms with Gasteiger partial charge in [-0.2, -0.15) is 0 Å². The lowest BCUT2D eigenvalue weighted by molar-refractivity contribution is -0.127. The van der Waals surface area contributed by atoms with E-state index >= 15 is 0 Å². The molecule has 3 aromatic rings. The van der Waals surface area contributed by atoms with Crippen molar-refractivity contribution in [3.63, 3.8) is 0 Å². The zero-order chi connectivity index (χ0) is 22.0. The summed E-state index contributed by atoms with van der Waals surface area (Å²) in [5.41, 5.74) is 2.01. The lowest BCUT2D eigenvalue weighted by Gasteiger charge is -2.31. The number of piperazine rings is 1. The van der Waals surface area contributed by atoms with Crippen molar-refractivity contribution in [2.45, 2.75) is 4.90 Å². The van der Waals surface area contributed by atoms with Crippen molar-refractivity contribution in [2.75, 3.05) is 43.9 Å². The standard InChI is InChI=1S/C22H23N5O3S/c1-26-9-11-27(12-10-26)21(29)20(28)17-13-23-19-16(17)3-2-4-18(19)25-22(30)24-14-5-7-15(31)8-6-14/h2-8,13,23,31H,9-12H2,1H3,(H2,24,25,30). The molecule has 9 heteroatoms. The molecule has 31 heavy (non-hydrogen) atoms. The first-order valence-electron chi connectivity index (χ1n) is 9.91. The van der Waals surface area contributed by atoms with Gasteiger partial charge in [-0.3, -0.25) is 9.59 Å². The normalized spacial score (nSPS) is 14.5. The van der Waals surface area contributed by atoms with Gasteiger partial charge in [0.2, 0.25) is 0 Å². The zero-order valence-electron chi connectivity index (χ0n) is 17.0. The van der Waals surface area contributed by atoms with Crippen molar-refractivity contribution >= 4 is 52.6 Å². The fourth-order valence-corrected chi connectivity index (χ4v) is 3.69. The minimum absolute atomic E-state index is 0.298. The van der Waals surface area contributed by atoms with Gasteiger partial charge in [0.25, 0.3) is 11.7 Å². The number of aromatic nitrogens is 1. The number of para-hydroxylation sites is 1. The maximum absolute atomic E-state index is 12.9. The summed E-state index contributed by atoms with van der Waals surface area (Å²) >= 11 is 4.22. The van der Waals surface area contributed by atoms with Crippen LogP contribution in [0.15, 0.2) is 53.6 Å². The molecular weight excluding hydrogens is 414 g/mol. The van der Waals surface area contributed by atoms with E-state index in [9.17, 15) is 14.4 Å². The molecular formula is C22H23N5O3S. The number of amides is 3. The topological polar surface area (TPSA) is 97.5 Å². The molecule has 2 heterocycles. The molecule has 160 valence electrons. The molecule has 8 nitrogen and oxygen atoms in total. The van der Waals surface area contributed by atoms with Crippen molar-refractivity contribution in [2.24, 2.45) is 0 Å². The molecule has 1 aliphatic rings. The van der Waals surface area contributed by atoms with Gasteiger partial charge >= 0.3 is 6.03 Å². The average molecular weight is 438 g/mol. The van der Waals surface area contributed by atoms with Gasteiger partial charge in [-0.05, 0) is 37.4 Å². The van der Waals surface area contributed by atoms with Crippen molar-refractivity contribution < 1.29 is 14.4 Å². The Bertz CT molecular complexity index is 1130. The largest absolute Gasteiger partial charge is 0.359 e. The molecule has 1 fully saturated rings.